The largest absolute Gasteiger partial charge is 0.743 e. The molecule has 0 aliphatic rings. The Morgan fingerprint density at radius 2 is 1.92 bits per heavy atom. The molecule has 70 valence electrons. The zero-order chi connectivity index (χ0) is 9.99. The van der Waals surface area contributed by atoms with Crippen molar-refractivity contribution in [2.24, 2.45) is 0 Å². The molecule has 0 saturated carbocycles. The fourth-order valence-corrected chi connectivity index (χ4v) is 0.797. The number of ketones is 1. The van der Waals surface area contributed by atoms with Crippen LogP contribution in [0.1, 0.15) is 12.8 Å². The van der Waals surface area contributed by atoms with Gasteiger partial charge in [0, 0.05) is 6.42 Å². The van der Waals surface area contributed by atoms with Crippen LogP contribution in [0.15, 0.2) is 0 Å². The molecule has 0 heterocycles. The molecule has 0 atom stereocenters. The maximum Gasteiger partial charge on any atom is 0.391 e. The van der Waals surface area contributed by atoms with Gasteiger partial charge < -0.3 is 4.55 Å². The first-order valence-electron chi connectivity index (χ1n) is 2.80. The van der Waals surface area contributed by atoms with Gasteiger partial charge in [-0.05, 0) is 13.3 Å². The molecule has 0 amide bonds. The molecular weight excluding hydrogens is 194 g/mol. The van der Waals surface area contributed by atoms with Gasteiger partial charge in [-0.25, -0.2) is 8.42 Å². The highest BCUT2D eigenvalue weighted by molar-refractivity contribution is 7.87. The predicted octanol–water partition coefficient (Wildman–Crippen LogP) is 0.185. The summed E-state index contributed by atoms with van der Waals surface area (Å²) < 4.78 is 53.8. The average molecular weight is 199 g/mol. The van der Waals surface area contributed by atoms with Crippen LogP contribution in [-0.4, -0.2) is 24.0 Å². The van der Waals surface area contributed by atoms with E-state index in [1.807, 2.05) is 0 Å². The van der Waals surface area contributed by atoms with E-state index in [9.17, 15) is 26.5 Å². The number of halogens is 2. The molecule has 0 aromatic carbocycles. The minimum absolute atomic E-state index is 0.427. The van der Waals surface area contributed by atoms with Crippen LogP contribution < -0.4 is 0 Å². The lowest BCUT2D eigenvalue weighted by Crippen LogP contribution is -2.37. The van der Waals surface area contributed by atoms with Gasteiger partial charge in [-0.2, -0.15) is 8.78 Å². The normalized spacial score (nSPS) is 13.0. The molecule has 0 aromatic rings. The first-order valence-corrected chi connectivity index (χ1v) is 4.21. The summed E-state index contributed by atoms with van der Waals surface area (Å²) in [7, 11) is -5.91. The van der Waals surface area contributed by atoms with Crippen LogP contribution in [0.5, 0.6) is 0 Å². The minimum Gasteiger partial charge on any atom is -0.743 e. The van der Waals surface area contributed by atoms with Crippen LogP contribution in [0.3, 0.4) is 0 Å². The van der Waals surface area contributed by atoms with Crippen molar-refractivity contribution in [3.05, 3.63) is 6.92 Å². The summed E-state index contributed by atoms with van der Waals surface area (Å²) in [6.45, 7) is 4.72. The van der Waals surface area contributed by atoms with Gasteiger partial charge in [-0.1, -0.05) is 0 Å². The summed E-state index contributed by atoms with van der Waals surface area (Å²) in [5.41, 5.74) is 0. The second-order valence-electron chi connectivity index (χ2n) is 1.93. The standard InChI is InChI=1S/C5H6F2O4S/c1-2-3-4(8)5(6,7)12(9,10)11/h1H,2-3H2,(H,9,10,11)/p-1. The van der Waals surface area contributed by atoms with Crippen LogP contribution in [0.4, 0.5) is 8.78 Å². The zero-order valence-electron chi connectivity index (χ0n) is 5.79. The third-order valence-corrected chi connectivity index (χ3v) is 1.87. The Balaban J connectivity index is 4.75. The predicted molar refractivity (Wildman–Crippen MR) is 33.2 cm³/mol. The van der Waals surface area contributed by atoms with E-state index < -0.39 is 34.0 Å². The average Bonchev–Trinajstić information content (AvgIpc) is 1.85. The van der Waals surface area contributed by atoms with Gasteiger partial charge in [0.15, 0.2) is 10.1 Å². The van der Waals surface area contributed by atoms with Crippen LogP contribution in [0.2, 0.25) is 0 Å². The molecule has 0 fully saturated rings. The van der Waals surface area contributed by atoms with E-state index in [1.165, 1.54) is 0 Å². The van der Waals surface area contributed by atoms with Crippen molar-refractivity contribution < 1.29 is 26.5 Å². The van der Waals surface area contributed by atoms with Gasteiger partial charge in [-0.3, -0.25) is 4.79 Å². The van der Waals surface area contributed by atoms with Crippen LogP contribution in [-0.2, 0) is 14.9 Å². The van der Waals surface area contributed by atoms with Crippen LogP contribution in [0.25, 0.3) is 0 Å². The fraction of sp³-hybridized carbons (Fsp3) is 0.600. The summed E-state index contributed by atoms with van der Waals surface area (Å²) in [4.78, 5) is 10.3. The molecule has 12 heavy (non-hydrogen) atoms. The lowest BCUT2D eigenvalue weighted by atomic mass is 10.2. The molecule has 0 saturated heterocycles. The smallest absolute Gasteiger partial charge is 0.391 e. The summed E-state index contributed by atoms with van der Waals surface area (Å²) in [5.74, 6) is -1.97. The monoisotopic (exact) mass is 199 g/mol. The molecule has 0 aromatic heterocycles. The number of carbonyl (C=O) groups excluding carboxylic acids is 1. The summed E-state index contributed by atoms with van der Waals surface area (Å²) >= 11 is 0. The van der Waals surface area contributed by atoms with Gasteiger partial charge in [0.05, 0.1) is 0 Å². The molecule has 0 rings (SSSR count). The Morgan fingerprint density at radius 1 is 1.50 bits per heavy atom. The topological polar surface area (TPSA) is 74.3 Å². The lowest BCUT2D eigenvalue weighted by molar-refractivity contribution is -0.133. The van der Waals surface area contributed by atoms with E-state index >= 15 is 0 Å². The van der Waals surface area contributed by atoms with Gasteiger partial charge in [0.2, 0.25) is 5.78 Å². The van der Waals surface area contributed by atoms with E-state index in [1.54, 1.807) is 0 Å². The van der Waals surface area contributed by atoms with E-state index in [4.69, 9.17) is 6.92 Å². The zero-order valence-corrected chi connectivity index (χ0v) is 6.61. The van der Waals surface area contributed by atoms with Gasteiger partial charge >= 0.3 is 5.25 Å². The molecule has 0 unspecified atom stereocenters. The lowest BCUT2D eigenvalue weighted by Gasteiger charge is -2.17. The number of rotatable bonds is 4. The quantitative estimate of drug-likeness (QED) is 0.605. The van der Waals surface area contributed by atoms with Crippen LogP contribution in [0, 0.1) is 6.92 Å². The summed E-state index contributed by atoms with van der Waals surface area (Å²) in [6.07, 6.45) is -1.27. The first kappa shape index (κ1) is 11.4. The highest BCUT2D eigenvalue weighted by Crippen LogP contribution is 2.23. The van der Waals surface area contributed by atoms with Crippen molar-refractivity contribution in [2.75, 3.05) is 0 Å². The minimum atomic E-state index is -5.91. The second kappa shape index (κ2) is 3.44. The molecule has 7 heteroatoms. The maximum absolute atomic E-state index is 12.2. The number of hydrogen-bond donors (Lipinski definition) is 0. The molecule has 0 aliphatic carbocycles. The summed E-state index contributed by atoms with van der Waals surface area (Å²) in [6, 6.07) is 0. The van der Waals surface area contributed by atoms with E-state index in [2.05, 4.69) is 0 Å². The number of alkyl halides is 2. The Kier molecular flexibility index (Phi) is 3.28. The Hall–Kier alpha value is -0.560. The number of Topliss-reactive ketones (excluding diaryl/α,β-unsaturated/α-hetero) is 1. The molecule has 0 aliphatic heterocycles. The molecular formula is C5H5F2O4S-. The maximum atomic E-state index is 12.2. The van der Waals surface area contributed by atoms with Crippen molar-refractivity contribution in [2.45, 2.75) is 18.1 Å². The second-order valence-corrected chi connectivity index (χ2v) is 3.35. The molecule has 0 bridgehead atoms. The van der Waals surface area contributed by atoms with Crippen molar-refractivity contribution >= 4 is 15.9 Å². The number of hydrogen-bond acceptors (Lipinski definition) is 4. The SMILES string of the molecule is [CH]CCC(=O)C(F)(F)S(=O)(=O)[O-]. The van der Waals surface area contributed by atoms with E-state index in [0.717, 1.165) is 0 Å². The molecule has 0 N–H and O–H groups in total. The molecule has 4 nitrogen and oxygen atoms in total. The Labute approximate surface area is 68.3 Å². The van der Waals surface area contributed by atoms with Crippen LogP contribution >= 0.6 is 0 Å². The Morgan fingerprint density at radius 3 is 2.17 bits per heavy atom. The highest BCUT2D eigenvalue weighted by atomic mass is 32.2. The van der Waals surface area contributed by atoms with Gasteiger partial charge in [0.1, 0.15) is 0 Å². The van der Waals surface area contributed by atoms with E-state index in [0.29, 0.717) is 0 Å². The van der Waals surface area contributed by atoms with Crippen molar-refractivity contribution in [3.63, 3.8) is 0 Å². The molecule has 0 spiro atoms. The number of carbonyl (C=O) groups is 1. The molecule has 2 radical (unpaired) electrons. The highest BCUT2D eigenvalue weighted by Gasteiger charge is 2.44. The fourth-order valence-electron chi connectivity index (χ4n) is 0.416. The third-order valence-electron chi connectivity index (χ3n) is 1.01. The van der Waals surface area contributed by atoms with Crippen molar-refractivity contribution in [1.82, 2.24) is 0 Å². The first-order chi connectivity index (χ1) is 5.23. The Bertz CT molecular complexity index is 269. The van der Waals surface area contributed by atoms with Crippen molar-refractivity contribution in [3.8, 4) is 0 Å². The van der Waals surface area contributed by atoms with Gasteiger partial charge in [0.25, 0.3) is 0 Å². The third kappa shape index (κ3) is 2.21. The van der Waals surface area contributed by atoms with E-state index in [-0.39, 0.29) is 0 Å². The summed E-state index contributed by atoms with van der Waals surface area (Å²) in [5, 5.41) is -4.85. The van der Waals surface area contributed by atoms with Gasteiger partial charge in [-0.15, -0.1) is 0 Å². The van der Waals surface area contributed by atoms with Crippen molar-refractivity contribution in [1.29, 1.82) is 0 Å².